The fourth-order valence-electron chi connectivity index (χ4n) is 1.30. The quantitative estimate of drug-likeness (QED) is 0.769. The molecule has 5 heteroatoms. The number of halogens is 2. The molecule has 2 nitrogen and oxygen atoms in total. The second-order valence-corrected chi connectivity index (χ2v) is 5.75. The largest absolute Gasteiger partial charge is 0.226 e. The summed E-state index contributed by atoms with van der Waals surface area (Å²) in [5.41, 5.74) is 0. The molecule has 0 fully saturated rings. The third-order valence-corrected chi connectivity index (χ3v) is 3.65. The first kappa shape index (κ1) is 12.9. The van der Waals surface area contributed by atoms with E-state index in [4.69, 9.17) is 11.6 Å². The van der Waals surface area contributed by atoms with Crippen molar-refractivity contribution in [2.75, 3.05) is 0 Å². The molecule has 0 saturated heterocycles. The Bertz CT molecular complexity index is 534. The monoisotopic (exact) mass is 328 g/mol. The van der Waals surface area contributed by atoms with Crippen LogP contribution in [0.4, 0.5) is 0 Å². The van der Waals surface area contributed by atoms with Gasteiger partial charge in [-0.05, 0) is 18.2 Å². The van der Waals surface area contributed by atoms with Crippen LogP contribution in [0.5, 0.6) is 0 Å². The number of aryl methyl sites for hydroxylation is 1. The van der Waals surface area contributed by atoms with Gasteiger partial charge in [0.1, 0.15) is 16.0 Å². The number of nitrogens with zero attached hydrogens (tertiary/aromatic N) is 2. The zero-order valence-electron chi connectivity index (χ0n) is 9.15. The summed E-state index contributed by atoms with van der Waals surface area (Å²) in [6.07, 6.45) is 0.784. The van der Waals surface area contributed by atoms with Crippen LogP contribution in [0.2, 0.25) is 5.15 Å². The van der Waals surface area contributed by atoms with Crippen molar-refractivity contribution in [2.24, 2.45) is 0 Å². The van der Waals surface area contributed by atoms with Gasteiger partial charge in [-0.2, -0.15) is 0 Å². The minimum atomic E-state index is 0.495. The first-order valence-corrected chi connectivity index (χ1v) is 7.13. The van der Waals surface area contributed by atoms with Gasteiger partial charge in [-0.15, -0.1) is 0 Å². The molecule has 1 heterocycles. The first-order chi connectivity index (χ1) is 8.17. The zero-order chi connectivity index (χ0) is 12.3. The second-order valence-electron chi connectivity index (χ2n) is 3.36. The molecule has 0 N–H and O–H groups in total. The molecule has 0 aliphatic carbocycles. The van der Waals surface area contributed by atoms with Gasteiger partial charge in [0.05, 0.1) is 0 Å². The molecule has 0 aliphatic rings. The summed E-state index contributed by atoms with van der Waals surface area (Å²) in [5.74, 6) is 0.773. The lowest BCUT2D eigenvalue weighted by Crippen LogP contribution is -1.94. The Labute approximate surface area is 118 Å². The predicted molar refractivity (Wildman–Crippen MR) is 74.7 cm³/mol. The maximum Gasteiger partial charge on any atom is 0.133 e. The van der Waals surface area contributed by atoms with Crippen molar-refractivity contribution in [2.45, 2.75) is 23.3 Å². The van der Waals surface area contributed by atoms with Crippen LogP contribution in [0.15, 0.2) is 44.7 Å². The minimum absolute atomic E-state index is 0.495. The van der Waals surface area contributed by atoms with E-state index < -0.39 is 0 Å². The van der Waals surface area contributed by atoms with Crippen molar-refractivity contribution < 1.29 is 0 Å². The topological polar surface area (TPSA) is 25.8 Å². The molecule has 88 valence electrons. The Hall–Kier alpha value is -0.580. The van der Waals surface area contributed by atoms with Crippen LogP contribution in [0, 0.1) is 0 Å². The third-order valence-electron chi connectivity index (χ3n) is 2.05. The summed E-state index contributed by atoms with van der Waals surface area (Å²) in [6.45, 7) is 2.01. The Kier molecular flexibility index (Phi) is 4.42. The van der Waals surface area contributed by atoms with Gasteiger partial charge in [0, 0.05) is 21.9 Å². The second kappa shape index (κ2) is 5.85. The van der Waals surface area contributed by atoms with E-state index >= 15 is 0 Å². The molecular formula is C12H10BrClN2S. The average molecular weight is 330 g/mol. The van der Waals surface area contributed by atoms with Crippen molar-refractivity contribution >= 4 is 39.3 Å². The van der Waals surface area contributed by atoms with E-state index in [-0.39, 0.29) is 0 Å². The maximum atomic E-state index is 5.95. The molecule has 0 radical (unpaired) electrons. The van der Waals surface area contributed by atoms with Crippen molar-refractivity contribution in [3.05, 3.63) is 45.8 Å². The maximum absolute atomic E-state index is 5.95. The summed E-state index contributed by atoms with van der Waals surface area (Å²) >= 11 is 11.0. The van der Waals surface area contributed by atoms with Crippen LogP contribution in [0.25, 0.3) is 0 Å². The lowest BCUT2D eigenvalue weighted by Gasteiger charge is -2.04. The van der Waals surface area contributed by atoms with Crippen molar-refractivity contribution in [1.29, 1.82) is 0 Å². The summed E-state index contributed by atoms with van der Waals surface area (Å²) < 4.78 is 1.05. The van der Waals surface area contributed by atoms with Crippen LogP contribution in [-0.2, 0) is 6.42 Å². The number of rotatable bonds is 3. The average Bonchev–Trinajstić information content (AvgIpc) is 2.28. The standard InChI is InChI=1S/C12H10BrClN2S/c1-2-11-15-10(14)7-12(16-11)17-9-5-3-4-8(13)6-9/h3-7H,2H2,1H3. The van der Waals surface area contributed by atoms with Gasteiger partial charge in [0.25, 0.3) is 0 Å². The molecule has 0 saturated carbocycles. The minimum Gasteiger partial charge on any atom is -0.226 e. The Morgan fingerprint density at radius 1 is 1.29 bits per heavy atom. The Balaban J connectivity index is 2.26. The number of hydrogen-bond acceptors (Lipinski definition) is 3. The van der Waals surface area contributed by atoms with Crippen molar-refractivity contribution in [1.82, 2.24) is 9.97 Å². The SMILES string of the molecule is CCc1nc(Cl)cc(Sc2cccc(Br)c2)n1. The van der Waals surface area contributed by atoms with Gasteiger partial charge in [-0.3, -0.25) is 0 Å². The molecule has 0 spiro atoms. The Morgan fingerprint density at radius 2 is 2.12 bits per heavy atom. The fraction of sp³-hybridized carbons (Fsp3) is 0.167. The van der Waals surface area contributed by atoms with Gasteiger partial charge in [-0.25, -0.2) is 9.97 Å². The molecular weight excluding hydrogens is 320 g/mol. The zero-order valence-corrected chi connectivity index (χ0v) is 12.3. The summed E-state index contributed by atoms with van der Waals surface area (Å²) in [5, 5.41) is 1.37. The molecule has 0 bridgehead atoms. The van der Waals surface area contributed by atoms with E-state index in [9.17, 15) is 0 Å². The van der Waals surface area contributed by atoms with Gasteiger partial charge >= 0.3 is 0 Å². The van der Waals surface area contributed by atoms with E-state index in [0.29, 0.717) is 5.15 Å². The fourth-order valence-corrected chi connectivity index (χ4v) is 3.02. The summed E-state index contributed by atoms with van der Waals surface area (Å²) in [4.78, 5) is 9.69. The van der Waals surface area contributed by atoms with Crippen molar-refractivity contribution in [3.63, 3.8) is 0 Å². The highest BCUT2D eigenvalue weighted by Gasteiger charge is 2.04. The van der Waals surface area contributed by atoms with Crippen LogP contribution in [-0.4, -0.2) is 9.97 Å². The van der Waals surface area contributed by atoms with E-state index in [1.54, 1.807) is 17.8 Å². The third kappa shape index (κ3) is 3.69. The highest BCUT2D eigenvalue weighted by molar-refractivity contribution is 9.10. The van der Waals surface area contributed by atoms with E-state index in [0.717, 1.165) is 26.6 Å². The van der Waals surface area contributed by atoms with E-state index in [1.165, 1.54) is 0 Å². The van der Waals surface area contributed by atoms with E-state index in [2.05, 4.69) is 25.9 Å². The van der Waals surface area contributed by atoms with Gasteiger partial charge in [-0.1, -0.05) is 52.3 Å². The van der Waals surface area contributed by atoms with Crippen molar-refractivity contribution in [3.8, 4) is 0 Å². The highest BCUT2D eigenvalue weighted by Crippen LogP contribution is 2.29. The number of aromatic nitrogens is 2. The number of hydrogen-bond donors (Lipinski definition) is 0. The molecule has 2 aromatic rings. The van der Waals surface area contributed by atoms with E-state index in [1.807, 2.05) is 31.2 Å². The molecule has 0 amide bonds. The van der Waals surface area contributed by atoms with Crippen LogP contribution < -0.4 is 0 Å². The molecule has 1 aromatic carbocycles. The number of benzene rings is 1. The predicted octanol–water partition coefficient (Wildman–Crippen LogP) is 4.61. The lowest BCUT2D eigenvalue weighted by molar-refractivity contribution is 0.889. The molecule has 2 rings (SSSR count). The first-order valence-electron chi connectivity index (χ1n) is 5.14. The molecule has 1 aromatic heterocycles. The van der Waals surface area contributed by atoms with Gasteiger partial charge in [0.15, 0.2) is 0 Å². The molecule has 0 atom stereocenters. The highest BCUT2D eigenvalue weighted by atomic mass is 79.9. The lowest BCUT2D eigenvalue weighted by atomic mass is 10.4. The smallest absolute Gasteiger partial charge is 0.133 e. The summed E-state index contributed by atoms with van der Waals surface area (Å²) in [7, 11) is 0. The molecule has 0 unspecified atom stereocenters. The van der Waals surface area contributed by atoms with Crippen LogP contribution >= 0.6 is 39.3 Å². The van der Waals surface area contributed by atoms with Gasteiger partial charge in [0.2, 0.25) is 0 Å². The molecule has 17 heavy (non-hydrogen) atoms. The normalized spacial score (nSPS) is 10.5. The molecule has 0 aliphatic heterocycles. The van der Waals surface area contributed by atoms with Gasteiger partial charge < -0.3 is 0 Å². The Morgan fingerprint density at radius 3 is 2.82 bits per heavy atom. The van der Waals surface area contributed by atoms with Crippen LogP contribution in [0.3, 0.4) is 0 Å². The van der Waals surface area contributed by atoms with Crippen LogP contribution in [0.1, 0.15) is 12.7 Å². The summed E-state index contributed by atoms with van der Waals surface area (Å²) in [6, 6.07) is 9.86.